The second-order valence-corrected chi connectivity index (χ2v) is 9.05. The third kappa shape index (κ3) is 7.69. The molecule has 2 N–H and O–H groups in total. The van der Waals surface area contributed by atoms with E-state index in [1.54, 1.807) is 19.1 Å². The molecule has 0 aromatic heterocycles. The lowest BCUT2D eigenvalue weighted by atomic mass is 10.2. The van der Waals surface area contributed by atoms with Crippen molar-refractivity contribution in [2.24, 2.45) is 0 Å². The first-order valence-corrected chi connectivity index (χ1v) is 12.1. The highest BCUT2D eigenvalue weighted by atomic mass is 32.2. The number of carbonyl (C=O) groups is 3. The number of amides is 2. The summed E-state index contributed by atoms with van der Waals surface area (Å²) in [6.45, 7) is 5.13. The monoisotopic (exact) mass is 475 g/mol. The van der Waals surface area contributed by atoms with Crippen molar-refractivity contribution in [2.75, 3.05) is 31.6 Å². The summed E-state index contributed by atoms with van der Waals surface area (Å²) >= 11 is 0. The number of nitrogens with zero attached hydrogens (tertiary/aromatic N) is 1. The molecule has 0 spiro atoms. The number of sulfonamides is 1. The average Bonchev–Trinajstić information content (AvgIpc) is 2.78. The Morgan fingerprint density at radius 3 is 2.42 bits per heavy atom. The van der Waals surface area contributed by atoms with Gasteiger partial charge in [-0.25, -0.2) is 17.9 Å². The smallest absolute Gasteiger partial charge is 0.338 e. The number of nitrogens with one attached hydrogen (secondary N) is 2. The first-order chi connectivity index (χ1) is 15.7. The number of anilines is 1. The average molecular weight is 476 g/mol. The van der Waals surface area contributed by atoms with Crippen molar-refractivity contribution in [3.05, 3.63) is 59.7 Å². The molecule has 0 radical (unpaired) electrons. The summed E-state index contributed by atoms with van der Waals surface area (Å²) in [6.07, 6.45) is 0.613. The van der Waals surface area contributed by atoms with Crippen LogP contribution >= 0.6 is 0 Å². The van der Waals surface area contributed by atoms with Crippen molar-refractivity contribution in [3.63, 3.8) is 0 Å². The van der Waals surface area contributed by atoms with E-state index in [0.29, 0.717) is 18.7 Å². The van der Waals surface area contributed by atoms with Gasteiger partial charge in [-0.3, -0.25) is 9.59 Å². The number of hydrogen-bond acceptors (Lipinski definition) is 6. The van der Waals surface area contributed by atoms with Gasteiger partial charge >= 0.3 is 5.97 Å². The minimum absolute atomic E-state index is 0.00103. The Labute approximate surface area is 194 Å². The summed E-state index contributed by atoms with van der Waals surface area (Å²) in [5.41, 5.74) is 1.55. The van der Waals surface area contributed by atoms with E-state index in [1.165, 1.54) is 29.2 Å². The Balaban J connectivity index is 1.99. The van der Waals surface area contributed by atoms with Crippen molar-refractivity contribution in [2.45, 2.75) is 32.1 Å². The van der Waals surface area contributed by atoms with Gasteiger partial charge in [-0.15, -0.1) is 0 Å². The number of esters is 1. The minimum Gasteiger partial charge on any atom is -0.452 e. The van der Waals surface area contributed by atoms with Crippen LogP contribution in [0.4, 0.5) is 5.69 Å². The molecule has 9 nitrogen and oxygen atoms in total. The van der Waals surface area contributed by atoms with E-state index in [0.717, 1.165) is 5.56 Å². The highest BCUT2D eigenvalue weighted by Crippen LogP contribution is 2.14. The molecule has 10 heteroatoms. The third-order valence-electron chi connectivity index (χ3n) is 4.64. The van der Waals surface area contributed by atoms with E-state index in [2.05, 4.69) is 10.0 Å². The zero-order chi connectivity index (χ0) is 24.4. The fourth-order valence-corrected chi connectivity index (χ4v) is 4.09. The molecule has 0 heterocycles. The van der Waals surface area contributed by atoms with Crippen LogP contribution in [-0.4, -0.2) is 57.3 Å². The first kappa shape index (κ1) is 26.0. The number of aryl methyl sites for hydroxylation is 1. The van der Waals surface area contributed by atoms with Crippen molar-refractivity contribution < 1.29 is 27.5 Å². The fraction of sp³-hybridized carbons (Fsp3) is 0.348. The summed E-state index contributed by atoms with van der Waals surface area (Å²) in [6, 6.07) is 12.7. The number of carbonyl (C=O) groups excluding carboxylic acids is 3. The topological polar surface area (TPSA) is 122 Å². The molecular weight excluding hydrogens is 446 g/mol. The lowest BCUT2D eigenvalue weighted by molar-refractivity contribution is -0.137. The van der Waals surface area contributed by atoms with E-state index in [9.17, 15) is 22.8 Å². The van der Waals surface area contributed by atoms with Crippen LogP contribution in [0.3, 0.4) is 0 Å². The van der Waals surface area contributed by atoms with Gasteiger partial charge < -0.3 is 15.0 Å². The predicted octanol–water partition coefficient (Wildman–Crippen LogP) is 2.33. The molecule has 0 aliphatic rings. The molecule has 0 unspecified atom stereocenters. The van der Waals surface area contributed by atoms with Crippen LogP contribution < -0.4 is 10.0 Å². The second kappa shape index (κ2) is 12.1. The quantitative estimate of drug-likeness (QED) is 0.481. The van der Waals surface area contributed by atoms with Gasteiger partial charge in [0, 0.05) is 18.8 Å². The highest BCUT2D eigenvalue weighted by Gasteiger charge is 2.20. The molecule has 178 valence electrons. The summed E-state index contributed by atoms with van der Waals surface area (Å²) in [7, 11) is -3.74. The standard InChI is InChI=1S/C23H29N3O6S/c1-4-13-26(15-21(27)25-20-12-7-6-9-17(20)3)22(28)16-32-23(29)18-10-8-11-19(14-18)33(30,31)24-5-2/h6-12,14,24H,4-5,13,15-16H2,1-3H3,(H,25,27). The van der Waals surface area contributed by atoms with E-state index in [-0.39, 0.29) is 29.5 Å². The molecule has 33 heavy (non-hydrogen) atoms. The minimum atomic E-state index is -3.74. The van der Waals surface area contributed by atoms with Crippen LogP contribution in [0, 0.1) is 6.92 Å². The lowest BCUT2D eigenvalue weighted by Crippen LogP contribution is -2.40. The first-order valence-electron chi connectivity index (χ1n) is 10.6. The molecule has 2 aromatic rings. The summed E-state index contributed by atoms with van der Waals surface area (Å²) in [5.74, 6) is -1.72. The molecular formula is C23H29N3O6S. The van der Waals surface area contributed by atoms with Crippen molar-refractivity contribution in [3.8, 4) is 0 Å². The number of para-hydroxylation sites is 1. The molecule has 0 saturated carbocycles. The Bertz CT molecular complexity index is 1100. The van der Waals surface area contributed by atoms with Crippen molar-refractivity contribution in [1.82, 2.24) is 9.62 Å². The van der Waals surface area contributed by atoms with E-state index in [4.69, 9.17) is 4.74 Å². The number of benzene rings is 2. The van der Waals surface area contributed by atoms with E-state index < -0.39 is 28.5 Å². The molecule has 2 aromatic carbocycles. The van der Waals surface area contributed by atoms with Gasteiger partial charge in [0.2, 0.25) is 15.9 Å². The summed E-state index contributed by atoms with van der Waals surface area (Å²) in [4.78, 5) is 38.6. The number of hydrogen-bond donors (Lipinski definition) is 2. The van der Waals surface area contributed by atoms with Gasteiger partial charge in [-0.2, -0.15) is 0 Å². The fourth-order valence-electron chi connectivity index (χ4n) is 3.00. The van der Waals surface area contributed by atoms with Crippen molar-refractivity contribution >= 4 is 33.5 Å². The van der Waals surface area contributed by atoms with E-state index in [1.807, 2.05) is 26.0 Å². The molecule has 0 atom stereocenters. The molecule has 2 amide bonds. The number of ether oxygens (including phenoxy) is 1. The second-order valence-electron chi connectivity index (χ2n) is 7.28. The maximum Gasteiger partial charge on any atom is 0.338 e. The Morgan fingerprint density at radius 1 is 1.03 bits per heavy atom. The Morgan fingerprint density at radius 2 is 1.76 bits per heavy atom. The normalized spacial score (nSPS) is 11.0. The molecule has 0 aliphatic heterocycles. The van der Waals surface area contributed by atoms with Gasteiger partial charge in [0.05, 0.1) is 17.0 Å². The van der Waals surface area contributed by atoms with Gasteiger partial charge in [-0.05, 0) is 43.2 Å². The van der Waals surface area contributed by atoms with Crippen molar-refractivity contribution in [1.29, 1.82) is 0 Å². The Hall–Kier alpha value is -3.24. The SMILES string of the molecule is CCCN(CC(=O)Nc1ccccc1C)C(=O)COC(=O)c1cccc(S(=O)(=O)NCC)c1. The maximum absolute atomic E-state index is 12.6. The highest BCUT2D eigenvalue weighted by molar-refractivity contribution is 7.89. The van der Waals surface area contributed by atoms with Crippen LogP contribution in [-0.2, 0) is 24.3 Å². The van der Waals surface area contributed by atoms with Gasteiger partial charge in [-0.1, -0.05) is 38.1 Å². The van der Waals surface area contributed by atoms with Crippen LogP contribution in [0.15, 0.2) is 53.4 Å². The third-order valence-corrected chi connectivity index (χ3v) is 6.18. The Kier molecular flexibility index (Phi) is 9.56. The van der Waals surface area contributed by atoms with Gasteiger partial charge in [0.1, 0.15) is 0 Å². The zero-order valence-corrected chi connectivity index (χ0v) is 19.8. The lowest BCUT2D eigenvalue weighted by Gasteiger charge is -2.21. The summed E-state index contributed by atoms with van der Waals surface area (Å²) in [5, 5.41) is 2.77. The van der Waals surface area contributed by atoms with Gasteiger partial charge in [0.15, 0.2) is 6.61 Å². The molecule has 0 saturated heterocycles. The largest absolute Gasteiger partial charge is 0.452 e. The molecule has 0 bridgehead atoms. The molecule has 2 rings (SSSR count). The van der Waals surface area contributed by atoms with E-state index >= 15 is 0 Å². The summed E-state index contributed by atoms with van der Waals surface area (Å²) < 4.78 is 31.7. The zero-order valence-electron chi connectivity index (χ0n) is 19.0. The molecule has 0 fully saturated rings. The maximum atomic E-state index is 12.6. The van der Waals surface area contributed by atoms with Gasteiger partial charge in [0.25, 0.3) is 5.91 Å². The van der Waals surface area contributed by atoms with Crippen LogP contribution in [0.25, 0.3) is 0 Å². The molecule has 0 aliphatic carbocycles. The van der Waals surface area contributed by atoms with Crippen LogP contribution in [0.2, 0.25) is 0 Å². The number of rotatable bonds is 11. The van der Waals surface area contributed by atoms with Crippen LogP contribution in [0.5, 0.6) is 0 Å². The van der Waals surface area contributed by atoms with Crippen LogP contribution in [0.1, 0.15) is 36.2 Å². The predicted molar refractivity (Wildman–Crippen MR) is 124 cm³/mol.